The van der Waals surface area contributed by atoms with Crippen molar-refractivity contribution in [3.05, 3.63) is 0 Å². The molecule has 9 heavy (non-hydrogen) atoms. The van der Waals surface area contributed by atoms with Crippen LogP contribution in [0.4, 0.5) is 0 Å². The molecule has 1 aliphatic rings. The number of hydrogen-bond acceptors (Lipinski definition) is 1. The zero-order chi connectivity index (χ0) is 6.69. The SMILES string of the molecule is CC1CCC1CCC=N. The predicted molar refractivity (Wildman–Crippen MR) is 39.9 cm³/mol. The van der Waals surface area contributed by atoms with Crippen molar-refractivity contribution in [3.8, 4) is 0 Å². The van der Waals surface area contributed by atoms with Crippen LogP contribution in [0.2, 0.25) is 0 Å². The van der Waals surface area contributed by atoms with E-state index in [1.807, 2.05) is 0 Å². The first-order chi connectivity index (χ1) is 4.34. The molecule has 0 heterocycles. The van der Waals surface area contributed by atoms with E-state index in [9.17, 15) is 0 Å². The van der Waals surface area contributed by atoms with Crippen LogP contribution in [0.1, 0.15) is 32.6 Å². The molecule has 0 aromatic carbocycles. The zero-order valence-electron chi connectivity index (χ0n) is 6.06. The summed E-state index contributed by atoms with van der Waals surface area (Å²) < 4.78 is 0. The minimum absolute atomic E-state index is 0.949. The lowest BCUT2D eigenvalue weighted by molar-refractivity contribution is 0.187. The van der Waals surface area contributed by atoms with E-state index >= 15 is 0 Å². The molecule has 1 fully saturated rings. The van der Waals surface area contributed by atoms with E-state index in [0.29, 0.717) is 0 Å². The van der Waals surface area contributed by atoms with Gasteiger partial charge in [0, 0.05) is 0 Å². The highest BCUT2D eigenvalue weighted by molar-refractivity contribution is 5.52. The van der Waals surface area contributed by atoms with Crippen LogP contribution in [0, 0.1) is 17.2 Å². The van der Waals surface area contributed by atoms with Gasteiger partial charge in [-0.3, -0.25) is 0 Å². The van der Waals surface area contributed by atoms with E-state index in [-0.39, 0.29) is 0 Å². The van der Waals surface area contributed by atoms with E-state index in [2.05, 4.69) is 6.92 Å². The molecule has 52 valence electrons. The lowest BCUT2D eigenvalue weighted by Gasteiger charge is -2.33. The summed E-state index contributed by atoms with van der Waals surface area (Å²) in [5, 5.41) is 6.84. The van der Waals surface area contributed by atoms with Crippen molar-refractivity contribution in [1.82, 2.24) is 0 Å². The Balaban J connectivity index is 2.06. The Morgan fingerprint density at radius 2 is 2.33 bits per heavy atom. The zero-order valence-corrected chi connectivity index (χ0v) is 6.06. The number of rotatable bonds is 3. The second-order valence-corrected chi connectivity index (χ2v) is 3.10. The highest BCUT2D eigenvalue weighted by Crippen LogP contribution is 2.36. The molecule has 0 amide bonds. The quantitative estimate of drug-likeness (QED) is 0.560. The first-order valence-corrected chi connectivity index (χ1v) is 3.83. The Bertz CT molecular complexity index is 98.7. The van der Waals surface area contributed by atoms with Crippen LogP contribution in [0.5, 0.6) is 0 Å². The fourth-order valence-electron chi connectivity index (χ4n) is 1.46. The van der Waals surface area contributed by atoms with Gasteiger partial charge >= 0.3 is 0 Å². The van der Waals surface area contributed by atoms with Gasteiger partial charge in [-0.05, 0) is 37.3 Å². The summed E-state index contributed by atoms with van der Waals surface area (Å²) >= 11 is 0. The summed E-state index contributed by atoms with van der Waals surface area (Å²) in [5.74, 6) is 1.90. The molecule has 1 nitrogen and oxygen atoms in total. The first-order valence-electron chi connectivity index (χ1n) is 3.83. The molecular formula is C8H15N. The molecule has 0 bridgehead atoms. The summed E-state index contributed by atoms with van der Waals surface area (Å²) in [6, 6.07) is 0. The predicted octanol–water partition coefficient (Wildman–Crippen LogP) is 2.46. The second-order valence-electron chi connectivity index (χ2n) is 3.10. The molecule has 0 aromatic rings. The average molecular weight is 125 g/mol. The fourth-order valence-corrected chi connectivity index (χ4v) is 1.46. The fraction of sp³-hybridized carbons (Fsp3) is 0.875. The molecule has 0 aromatic heterocycles. The number of hydrogen-bond donors (Lipinski definition) is 1. The first kappa shape index (κ1) is 6.79. The molecule has 1 rings (SSSR count). The van der Waals surface area contributed by atoms with Crippen LogP contribution in [0.15, 0.2) is 0 Å². The van der Waals surface area contributed by atoms with Crippen LogP contribution < -0.4 is 0 Å². The van der Waals surface area contributed by atoms with Crippen LogP contribution in [-0.4, -0.2) is 6.21 Å². The van der Waals surface area contributed by atoms with Gasteiger partial charge < -0.3 is 5.41 Å². The number of nitrogens with one attached hydrogen (secondary N) is 1. The maximum atomic E-state index is 6.84. The lowest BCUT2D eigenvalue weighted by atomic mass is 9.73. The van der Waals surface area contributed by atoms with E-state index in [1.54, 1.807) is 0 Å². The van der Waals surface area contributed by atoms with Crippen molar-refractivity contribution in [3.63, 3.8) is 0 Å². The summed E-state index contributed by atoms with van der Waals surface area (Å²) in [6.45, 7) is 2.32. The topological polar surface area (TPSA) is 23.9 Å². The highest BCUT2D eigenvalue weighted by atomic mass is 14.3. The van der Waals surface area contributed by atoms with Crippen LogP contribution in [-0.2, 0) is 0 Å². The van der Waals surface area contributed by atoms with Gasteiger partial charge in [0.25, 0.3) is 0 Å². The average Bonchev–Trinajstić information content (AvgIpc) is 1.86. The molecule has 2 unspecified atom stereocenters. The minimum atomic E-state index is 0.949. The minimum Gasteiger partial charge on any atom is -0.313 e. The second kappa shape index (κ2) is 3.00. The highest BCUT2D eigenvalue weighted by Gasteiger charge is 2.25. The standard InChI is InChI=1S/C8H15N/c1-7-4-5-8(7)3-2-6-9/h6-9H,2-5H2,1H3. The Morgan fingerprint density at radius 3 is 2.67 bits per heavy atom. The van der Waals surface area contributed by atoms with Crippen LogP contribution in [0.25, 0.3) is 0 Å². The van der Waals surface area contributed by atoms with Crippen molar-refractivity contribution >= 4 is 6.21 Å². The summed E-state index contributed by atoms with van der Waals surface area (Å²) in [6.07, 6.45) is 6.61. The molecule has 1 heteroatoms. The van der Waals surface area contributed by atoms with Gasteiger partial charge in [0.2, 0.25) is 0 Å². The van der Waals surface area contributed by atoms with Crippen molar-refractivity contribution < 1.29 is 0 Å². The molecule has 0 saturated heterocycles. The Labute approximate surface area is 57.0 Å². The van der Waals surface area contributed by atoms with E-state index < -0.39 is 0 Å². The van der Waals surface area contributed by atoms with Gasteiger partial charge in [-0.2, -0.15) is 0 Å². The van der Waals surface area contributed by atoms with Crippen molar-refractivity contribution in [2.75, 3.05) is 0 Å². The van der Waals surface area contributed by atoms with Gasteiger partial charge in [-0.1, -0.05) is 13.3 Å². The van der Waals surface area contributed by atoms with Gasteiger partial charge in [0.1, 0.15) is 0 Å². The molecule has 1 N–H and O–H groups in total. The maximum absolute atomic E-state index is 6.84. The Morgan fingerprint density at radius 1 is 1.56 bits per heavy atom. The lowest BCUT2D eigenvalue weighted by Crippen LogP contribution is -2.22. The van der Waals surface area contributed by atoms with E-state index in [4.69, 9.17) is 5.41 Å². The third-order valence-electron chi connectivity index (χ3n) is 2.48. The summed E-state index contributed by atoms with van der Waals surface area (Å²) in [5.41, 5.74) is 0. The van der Waals surface area contributed by atoms with Gasteiger partial charge in [-0.25, -0.2) is 0 Å². The third-order valence-corrected chi connectivity index (χ3v) is 2.48. The molecular weight excluding hydrogens is 110 g/mol. The molecule has 1 saturated carbocycles. The normalized spacial score (nSPS) is 33.4. The van der Waals surface area contributed by atoms with E-state index in [1.165, 1.54) is 25.5 Å². The maximum Gasteiger partial charge on any atom is -0.00476 e. The molecule has 2 atom stereocenters. The van der Waals surface area contributed by atoms with Crippen LogP contribution >= 0.6 is 0 Å². The molecule has 1 aliphatic carbocycles. The third kappa shape index (κ3) is 1.54. The summed E-state index contributed by atoms with van der Waals surface area (Å²) in [7, 11) is 0. The van der Waals surface area contributed by atoms with Gasteiger partial charge in [-0.15, -0.1) is 0 Å². The van der Waals surface area contributed by atoms with Crippen molar-refractivity contribution in [2.24, 2.45) is 11.8 Å². The molecule has 0 radical (unpaired) electrons. The molecule has 0 aliphatic heterocycles. The van der Waals surface area contributed by atoms with E-state index in [0.717, 1.165) is 18.3 Å². The largest absolute Gasteiger partial charge is 0.313 e. The molecule has 0 spiro atoms. The van der Waals surface area contributed by atoms with Crippen molar-refractivity contribution in [1.29, 1.82) is 5.41 Å². The smallest absolute Gasteiger partial charge is 0.00476 e. The van der Waals surface area contributed by atoms with Crippen molar-refractivity contribution in [2.45, 2.75) is 32.6 Å². The van der Waals surface area contributed by atoms with Gasteiger partial charge in [0.15, 0.2) is 0 Å². The monoisotopic (exact) mass is 125 g/mol. The Hall–Kier alpha value is -0.330. The summed E-state index contributed by atoms with van der Waals surface area (Å²) in [4.78, 5) is 0. The Kier molecular flexibility index (Phi) is 2.26. The van der Waals surface area contributed by atoms with Gasteiger partial charge in [0.05, 0.1) is 0 Å². The van der Waals surface area contributed by atoms with Crippen LogP contribution in [0.3, 0.4) is 0 Å².